The van der Waals surface area contributed by atoms with Crippen LogP contribution < -0.4 is 20.1 Å². The molecular formula is C22H17F3N2O4. The highest BCUT2D eigenvalue weighted by Gasteiger charge is 2.20. The molecule has 0 spiro atoms. The minimum Gasteiger partial charge on any atom is -0.493 e. The molecule has 9 heteroatoms. The summed E-state index contributed by atoms with van der Waals surface area (Å²) >= 11 is 0. The molecule has 3 aromatic rings. The molecule has 160 valence electrons. The van der Waals surface area contributed by atoms with Crippen molar-refractivity contribution in [3.63, 3.8) is 0 Å². The van der Waals surface area contributed by atoms with E-state index in [2.05, 4.69) is 15.4 Å². The van der Waals surface area contributed by atoms with Crippen LogP contribution in [0.4, 0.5) is 24.5 Å². The normalized spacial score (nSPS) is 10.5. The Morgan fingerprint density at radius 3 is 2.19 bits per heavy atom. The van der Waals surface area contributed by atoms with E-state index in [9.17, 15) is 22.8 Å². The number of hydrogen-bond donors (Lipinski definition) is 2. The number of para-hydroxylation sites is 1. The average Bonchev–Trinajstić information content (AvgIpc) is 2.73. The first-order valence-electron chi connectivity index (χ1n) is 8.97. The minimum atomic E-state index is -3.15. The molecule has 31 heavy (non-hydrogen) atoms. The molecule has 3 rings (SSSR count). The van der Waals surface area contributed by atoms with E-state index < -0.39 is 30.0 Å². The zero-order chi connectivity index (χ0) is 22.4. The molecule has 0 unspecified atom stereocenters. The molecule has 0 bridgehead atoms. The second-order valence-corrected chi connectivity index (χ2v) is 6.21. The van der Waals surface area contributed by atoms with Gasteiger partial charge in [-0.25, -0.2) is 4.39 Å². The Bertz CT molecular complexity index is 1110. The summed E-state index contributed by atoms with van der Waals surface area (Å²) < 4.78 is 48.3. The average molecular weight is 430 g/mol. The first-order chi connectivity index (χ1) is 14.9. The van der Waals surface area contributed by atoms with E-state index in [1.807, 2.05) is 0 Å². The number of ether oxygens (including phenoxy) is 2. The third-order valence-electron chi connectivity index (χ3n) is 4.12. The van der Waals surface area contributed by atoms with Gasteiger partial charge in [0, 0.05) is 16.9 Å². The van der Waals surface area contributed by atoms with Gasteiger partial charge in [0.2, 0.25) is 0 Å². The van der Waals surface area contributed by atoms with Crippen LogP contribution in [0.2, 0.25) is 0 Å². The zero-order valence-electron chi connectivity index (χ0n) is 16.2. The summed E-state index contributed by atoms with van der Waals surface area (Å²) in [4.78, 5) is 25.1. The summed E-state index contributed by atoms with van der Waals surface area (Å²) in [5, 5.41) is 5.08. The van der Waals surface area contributed by atoms with Crippen LogP contribution in [-0.4, -0.2) is 25.5 Å². The van der Waals surface area contributed by atoms with E-state index in [-0.39, 0.29) is 28.3 Å². The Labute approximate surface area is 175 Å². The van der Waals surface area contributed by atoms with Gasteiger partial charge >= 0.3 is 6.61 Å². The number of benzene rings is 3. The van der Waals surface area contributed by atoms with Gasteiger partial charge in [0.05, 0.1) is 12.7 Å². The first kappa shape index (κ1) is 21.7. The van der Waals surface area contributed by atoms with Crippen molar-refractivity contribution in [2.24, 2.45) is 0 Å². The van der Waals surface area contributed by atoms with Crippen molar-refractivity contribution in [1.29, 1.82) is 0 Å². The number of carbonyl (C=O) groups is 2. The number of rotatable bonds is 7. The zero-order valence-corrected chi connectivity index (χ0v) is 16.2. The van der Waals surface area contributed by atoms with Crippen LogP contribution >= 0.6 is 0 Å². The van der Waals surface area contributed by atoms with Crippen LogP contribution in [0.25, 0.3) is 0 Å². The quantitative estimate of drug-likeness (QED) is 0.557. The van der Waals surface area contributed by atoms with Crippen molar-refractivity contribution in [2.45, 2.75) is 6.61 Å². The molecule has 0 heterocycles. The molecule has 0 aliphatic carbocycles. The van der Waals surface area contributed by atoms with Gasteiger partial charge in [-0.3, -0.25) is 9.59 Å². The van der Waals surface area contributed by atoms with Gasteiger partial charge in [0.25, 0.3) is 11.8 Å². The highest BCUT2D eigenvalue weighted by atomic mass is 19.3. The van der Waals surface area contributed by atoms with E-state index >= 15 is 0 Å². The molecule has 0 saturated heterocycles. The van der Waals surface area contributed by atoms with Crippen molar-refractivity contribution < 1.29 is 32.2 Å². The van der Waals surface area contributed by atoms with Crippen LogP contribution in [0.15, 0.2) is 66.7 Å². The second-order valence-electron chi connectivity index (χ2n) is 6.21. The van der Waals surface area contributed by atoms with Gasteiger partial charge in [-0.1, -0.05) is 18.2 Å². The fourth-order valence-corrected chi connectivity index (χ4v) is 2.77. The maximum atomic E-state index is 13.3. The van der Waals surface area contributed by atoms with E-state index in [1.54, 1.807) is 0 Å². The Kier molecular flexibility index (Phi) is 6.76. The van der Waals surface area contributed by atoms with E-state index in [0.29, 0.717) is 0 Å². The van der Waals surface area contributed by atoms with Crippen LogP contribution in [0, 0.1) is 5.82 Å². The minimum absolute atomic E-state index is 0.0313. The molecule has 2 N–H and O–H groups in total. The van der Waals surface area contributed by atoms with Gasteiger partial charge in [-0.2, -0.15) is 8.78 Å². The summed E-state index contributed by atoms with van der Waals surface area (Å²) in [6.45, 7) is -3.15. The van der Waals surface area contributed by atoms with Gasteiger partial charge < -0.3 is 20.1 Å². The molecule has 0 fully saturated rings. The lowest BCUT2D eigenvalue weighted by Crippen LogP contribution is -2.16. The van der Waals surface area contributed by atoms with Crippen molar-refractivity contribution in [3.05, 3.63) is 83.7 Å². The van der Waals surface area contributed by atoms with Gasteiger partial charge in [0.15, 0.2) is 11.5 Å². The largest absolute Gasteiger partial charge is 0.493 e. The summed E-state index contributed by atoms with van der Waals surface area (Å²) in [6.07, 6.45) is 0. The van der Waals surface area contributed by atoms with Gasteiger partial charge in [-0.05, 0) is 48.5 Å². The summed E-state index contributed by atoms with van der Waals surface area (Å²) in [5.74, 6) is -2.20. The second kappa shape index (κ2) is 9.66. The van der Waals surface area contributed by atoms with Gasteiger partial charge in [-0.15, -0.1) is 0 Å². The lowest BCUT2D eigenvalue weighted by molar-refractivity contribution is -0.0515. The van der Waals surface area contributed by atoms with Crippen molar-refractivity contribution in [3.8, 4) is 11.5 Å². The number of methoxy groups -OCH3 is 1. The van der Waals surface area contributed by atoms with Crippen molar-refractivity contribution in [1.82, 2.24) is 0 Å². The maximum Gasteiger partial charge on any atom is 0.387 e. The molecule has 3 aromatic carbocycles. The molecule has 0 aliphatic heterocycles. The molecule has 2 amide bonds. The number of nitrogens with one attached hydrogen (secondary N) is 2. The fourth-order valence-electron chi connectivity index (χ4n) is 2.77. The Morgan fingerprint density at radius 1 is 0.871 bits per heavy atom. The monoisotopic (exact) mass is 430 g/mol. The third-order valence-corrected chi connectivity index (χ3v) is 4.12. The van der Waals surface area contributed by atoms with Crippen LogP contribution in [0.3, 0.4) is 0 Å². The fraction of sp³-hybridized carbons (Fsp3) is 0.0909. The van der Waals surface area contributed by atoms with E-state index in [4.69, 9.17) is 4.74 Å². The number of alkyl halides is 2. The van der Waals surface area contributed by atoms with Crippen LogP contribution in [0.5, 0.6) is 11.5 Å². The molecule has 0 atom stereocenters. The number of halogens is 3. The molecule has 0 aromatic heterocycles. The third kappa shape index (κ3) is 5.53. The lowest BCUT2D eigenvalue weighted by Gasteiger charge is -2.14. The van der Waals surface area contributed by atoms with E-state index in [0.717, 1.165) is 6.07 Å². The predicted octanol–water partition coefficient (Wildman–Crippen LogP) is 4.94. The van der Waals surface area contributed by atoms with Crippen LogP contribution in [0.1, 0.15) is 20.7 Å². The van der Waals surface area contributed by atoms with Crippen molar-refractivity contribution in [2.75, 3.05) is 17.7 Å². The SMILES string of the molecule is COc1cccc(C(=O)Nc2cccc(C(=O)Nc3cccc(F)c3)c2)c1OC(F)F. The Hall–Kier alpha value is -4.01. The summed E-state index contributed by atoms with van der Waals surface area (Å²) in [5.41, 5.74) is 0.526. The molecule has 0 saturated carbocycles. The standard InChI is InChI=1S/C22H17F3N2O4/c1-30-18-10-4-9-17(19(18)31-22(24)25)21(29)27-15-7-2-5-13(11-15)20(28)26-16-8-3-6-14(23)12-16/h2-12,22H,1H3,(H,26,28)(H,27,29). The Morgan fingerprint density at radius 2 is 1.52 bits per heavy atom. The number of carbonyl (C=O) groups excluding carboxylic acids is 2. The number of hydrogen-bond acceptors (Lipinski definition) is 4. The Balaban J connectivity index is 1.79. The maximum absolute atomic E-state index is 13.3. The number of anilines is 2. The first-order valence-corrected chi connectivity index (χ1v) is 8.97. The highest BCUT2D eigenvalue weighted by Crippen LogP contribution is 2.33. The smallest absolute Gasteiger partial charge is 0.387 e. The van der Waals surface area contributed by atoms with Gasteiger partial charge in [0.1, 0.15) is 5.82 Å². The topological polar surface area (TPSA) is 76.7 Å². The molecule has 0 aliphatic rings. The highest BCUT2D eigenvalue weighted by molar-refractivity contribution is 6.08. The molecule has 6 nitrogen and oxygen atoms in total. The van der Waals surface area contributed by atoms with E-state index in [1.165, 1.54) is 67.8 Å². The lowest BCUT2D eigenvalue weighted by atomic mass is 10.1. The molecule has 0 radical (unpaired) electrons. The predicted molar refractivity (Wildman–Crippen MR) is 108 cm³/mol. The molecular weight excluding hydrogens is 413 g/mol. The van der Waals surface area contributed by atoms with Crippen molar-refractivity contribution >= 4 is 23.2 Å². The number of amides is 2. The summed E-state index contributed by atoms with van der Waals surface area (Å²) in [6, 6.07) is 15.5. The van der Waals surface area contributed by atoms with Crippen LogP contribution in [-0.2, 0) is 0 Å². The summed E-state index contributed by atoms with van der Waals surface area (Å²) in [7, 11) is 1.26.